The average Bonchev–Trinajstić information content (AvgIpc) is 2.66. The second kappa shape index (κ2) is 5.63. The van der Waals surface area contributed by atoms with Crippen molar-refractivity contribution in [2.24, 2.45) is 0 Å². The van der Waals surface area contributed by atoms with E-state index >= 15 is 0 Å². The Morgan fingerprint density at radius 2 is 1.89 bits per heavy atom. The second-order valence-corrected chi connectivity index (χ2v) is 6.05. The van der Waals surface area contributed by atoms with Crippen LogP contribution < -0.4 is 5.32 Å². The number of thiophene rings is 1. The van der Waals surface area contributed by atoms with Gasteiger partial charge in [0.25, 0.3) is 0 Å². The SMILES string of the molecule is Cc1cc(CN[C@H](C)c2ccc(F)cc2)c(C)s1. The van der Waals surface area contributed by atoms with Crippen molar-refractivity contribution in [3.05, 3.63) is 57.0 Å². The van der Waals surface area contributed by atoms with E-state index < -0.39 is 0 Å². The summed E-state index contributed by atoms with van der Waals surface area (Å²) in [4.78, 5) is 2.71. The maximum Gasteiger partial charge on any atom is 0.123 e. The molecule has 0 saturated heterocycles. The lowest BCUT2D eigenvalue weighted by Gasteiger charge is -2.14. The van der Waals surface area contributed by atoms with Crippen molar-refractivity contribution in [3.8, 4) is 0 Å². The highest BCUT2D eigenvalue weighted by atomic mass is 32.1. The summed E-state index contributed by atoms with van der Waals surface area (Å²) in [7, 11) is 0. The third-order valence-corrected chi connectivity index (χ3v) is 4.12. The number of nitrogens with one attached hydrogen (secondary N) is 1. The van der Waals surface area contributed by atoms with Gasteiger partial charge in [-0.25, -0.2) is 4.39 Å². The minimum absolute atomic E-state index is 0.185. The Morgan fingerprint density at radius 1 is 1.22 bits per heavy atom. The van der Waals surface area contributed by atoms with Gasteiger partial charge in [0.1, 0.15) is 5.82 Å². The molecule has 18 heavy (non-hydrogen) atoms. The zero-order valence-corrected chi connectivity index (χ0v) is 11.8. The Kier molecular flexibility index (Phi) is 4.15. The minimum Gasteiger partial charge on any atom is -0.306 e. The van der Waals surface area contributed by atoms with Crippen LogP contribution in [0.2, 0.25) is 0 Å². The summed E-state index contributed by atoms with van der Waals surface area (Å²) in [5.74, 6) is -0.185. The van der Waals surface area contributed by atoms with Crippen molar-refractivity contribution in [2.45, 2.75) is 33.4 Å². The number of aryl methyl sites for hydroxylation is 2. The van der Waals surface area contributed by atoms with E-state index in [1.54, 1.807) is 0 Å². The Labute approximate surface area is 112 Å². The molecule has 0 aliphatic heterocycles. The van der Waals surface area contributed by atoms with Crippen molar-refractivity contribution in [3.63, 3.8) is 0 Å². The Balaban J connectivity index is 1.98. The molecule has 1 aromatic heterocycles. The fourth-order valence-corrected chi connectivity index (χ4v) is 2.94. The first-order valence-corrected chi connectivity index (χ1v) is 6.92. The van der Waals surface area contributed by atoms with E-state index in [2.05, 4.69) is 32.2 Å². The zero-order valence-electron chi connectivity index (χ0n) is 11.0. The average molecular weight is 263 g/mol. The molecular weight excluding hydrogens is 245 g/mol. The van der Waals surface area contributed by atoms with Crippen LogP contribution >= 0.6 is 11.3 Å². The van der Waals surface area contributed by atoms with Gasteiger partial charge in [-0.15, -0.1) is 11.3 Å². The van der Waals surface area contributed by atoms with Crippen LogP contribution in [0, 0.1) is 19.7 Å². The van der Waals surface area contributed by atoms with E-state index in [1.165, 1.54) is 27.5 Å². The normalized spacial score (nSPS) is 12.7. The van der Waals surface area contributed by atoms with Gasteiger partial charge in [-0.1, -0.05) is 12.1 Å². The first-order chi connectivity index (χ1) is 8.56. The van der Waals surface area contributed by atoms with E-state index in [9.17, 15) is 4.39 Å². The number of halogens is 1. The number of hydrogen-bond acceptors (Lipinski definition) is 2. The molecule has 0 aliphatic carbocycles. The Hall–Kier alpha value is -1.19. The van der Waals surface area contributed by atoms with Gasteiger partial charge in [-0.3, -0.25) is 0 Å². The zero-order chi connectivity index (χ0) is 13.1. The van der Waals surface area contributed by atoms with Gasteiger partial charge in [-0.05, 0) is 50.1 Å². The predicted octanol–water partition coefficient (Wildman–Crippen LogP) is 4.35. The van der Waals surface area contributed by atoms with Crippen LogP contribution in [0.3, 0.4) is 0 Å². The van der Waals surface area contributed by atoms with Gasteiger partial charge in [0.2, 0.25) is 0 Å². The molecule has 1 nitrogen and oxygen atoms in total. The number of hydrogen-bond donors (Lipinski definition) is 1. The van der Waals surface area contributed by atoms with Crippen LogP contribution in [-0.2, 0) is 6.54 Å². The van der Waals surface area contributed by atoms with Crippen LogP contribution in [0.25, 0.3) is 0 Å². The van der Waals surface area contributed by atoms with Gasteiger partial charge in [-0.2, -0.15) is 0 Å². The third-order valence-electron chi connectivity index (χ3n) is 3.11. The molecule has 1 aromatic carbocycles. The monoisotopic (exact) mass is 263 g/mol. The Morgan fingerprint density at radius 3 is 2.44 bits per heavy atom. The maximum absolute atomic E-state index is 12.8. The van der Waals surface area contributed by atoms with Crippen LogP contribution in [0.4, 0.5) is 4.39 Å². The summed E-state index contributed by atoms with van der Waals surface area (Å²) < 4.78 is 12.8. The molecule has 1 heterocycles. The van der Waals surface area contributed by atoms with E-state index in [4.69, 9.17) is 0 Å². The largest absolute Gasteiger partial charge is 0.306 e. The van der Waals surface area contributed by atoms with Crippen molar-refractivity contribution < 1.29 is 4.39 Å². The summed E-state index contributed by atoms with van der Waals surface area (Å²) in [6.07, 6.45) is 0. The van der Waals surface area contributed by atoms with Gasteiger partial charge in [0.15, 0.2) is 0 Å². The summed E-state index contributed by atoms with van der Waals surface area (Å²) in [5.41, 5.74) is 2.47. The lowest BCUT2D eigenvalue weighted by Crippen LogP contribution is -2.18. The predicted molar refractivity (Wildman–Crippen MR) is 75.4 cm³/mol. The molecule has 0 bridgehead atoms. The van der Waals surface area contributed by atoms with E-state index in [0.29, 0.717) is 0 Å². The summed E-state index contributed by atoms with van der Waals surface area (Å²) in [5, 5.41) is 3.47. The maximum atomic E-state index is 12.8. The lowest BCUT2D eigenvalue weighted by atomic mass is 10.1. The van der Waals surface area contributed by atoms with Crippen molar-refractivity contribution in [2.75, 3.05) is 0 Å². The Bertz CT molecular complexity index is 516. The molecule has 3 heteroatoms. The molecule has 1 atom stereocenters. The molecule has 0 unspecified atom stereocenters. The van der Waals surface area contributed by atoms with Crippen molar-refractivity contribution in [1.29, 1.82) is 0 Å². The smallest absolute Gasteiger partial charge is 0.123 e. The van der Waals surface area contributed by atoms with Gasteiger partial charge in [0.05, 0.1) is 0 Å². The molecule has 0 saturated carbocycles. The van der Waals surface area contributed by atoms with Gasteiger partial charge >= 0.3 is 0 Å². The lowest BCUT2D eigenvalue weighted by molar-refractivity contribution is 0.571. The standard InChI is InChI=1S/C15H18FNS/c1-10-8-14(12(3)18-10)9-17-11(2)13-4-6-15(16)7-5-13/h4-8,11,17H,9H2,1-3H3/t11-/m1/s1. The summed E-state index contributed by atoms with van der Waals surface area (Å²) >= 11 is 1.83. The van der Waals surface area contributed by atoms with Crippen LogP contribution in [0.15, 0.2) is 30.3 Å². The van der Waals surface area contributed by atoms with Gasteiger partial charge in [0, 0.05) is 22.3 Å². The number of rotatable bonds is 4. The molecule has 2 rings (SSSR count). The highest BCUT2D eigenvalue weighted by molar-refractivity contribution is 7.12. The first kappa shape index (κ1) is 13.2. The quantitative estimate of drug-likeness (QED) is 0.864. The first-order valence-electron chi connectivity index (χ1n) is 6.11. The van der Waals surface area contributed by atoms with Crippen molar-refractivity contribution >= 4 is 11.3 Å². The topological polar surface area (TPSA) is 12.0 Å². The number of benzene rings is 1. The molecular formula is C15H18FNS. The minimum atomic E-state index is -0.185. The fraction of sp³-hybridized carbons (Fsp3) is 0.333. The van der Waals surface area contributed by atoms with E-state index in [1.807, 2.05) is 23.5 Å². The van der Waals surface area contributed by atoms with Crippen LogP contribution in [0.1, 0.15) is 33.8 Å². The van der Waals surface area contributed by atoms with Crippen LogP contribution in [0.5, 0.6) is 0 Å². The molecule has 0 aliphatic rings. The third kappa shape index (κ3) is 3.18. The van der Waals surface area contributed by atoms with Gasteiger partial charge < -0.3 is 5.32 Å². The molecule has 96 valence electrons. The summed E-state index contributed by atoms with van der Waals surface area (Å²) in [6, 6.07) is 9.13. The fourth-order valence-electron chi connectivity index (χ4n) is 1.99. The molecule has 2 aromatic rings. The molecule has 0 radical (unpaired) electrons. The van der Waals surface area contributed by atoms with E-state index in [0.717, 1.165) is 12.1 Å². The second-order valence-electron chi connectivity index (χ2n) is 4.59. The highest BCUT2D eigenvalue weighted by Gasteiger charge is 2.07. The van der Waals surface area contributed by atoms with Crippen LogP contribution in [-0.4, -0.2) is 0 Å². The summed E-state index contributed by atoms with van der Waals surface area (Å²) in [6.45, 7) is 7.23. The molecule has 1 N–H and O–H groups in total. The van der Waals surface area contributed by atoms with E-state index in [-0.39, 0.29) is 11.9 Å². The van der Waals surface area contributed by atoms with Crippen molar-refractivity contribution in [1.82, 2.24) is 5.32 Å². The highest BCUT2D eigenvalue weighted by Crippen LogP contribution is 2.21. The molecule has 0 spiro atoms. The molecule has 0 fully saturated rings. The molecule has 0 amide bonds.